The molecule has 0 aromatic rings. The number of hydrogen-bond donors (Lipinski definition) is 8. The second-order valence-corrected chi connectivity index (χ2v) is 7.76. The Morgan fingerprint density at radius 1 is 0.676 bits per heavy atom. The summed E-state index contributed by atoms with van der Waals surface area (Å²) in [6.07, 6.45) is -2.50. The number of carboxylic acid groups (broad SMARTS) is 4. The van der Waals surface area contributed by atoms with Crippen molar-refractivity contribution in [2.24, 2.45) is 11.7 Å². The summed E-state index contributed by atoms with van der Waals surface area (Å²) in [5.74, 6) is -9.06. The van der Waals surface area contributed by atoms with Crippen LogP contribution in [0, 0.1) is 5.92 Å². The van der Waals surface area contributed by atoms with E-state index in [4.69, 9.17) is 26.2 Å². The molecule has 15 heteroatoms. The number of rotatable bonds is 16. The van der Waals surface area contributed by atoms with Gasteiger partial charge in [-0.3, -0.25) is 28.8 Å². The molecule has 4 atom stereocenters. The average Bonchev–Trinajstić information content (AvgIpc) is 2.71. The zero-order valence-corrected chi connectivity index (χ0v) is 18.6. The summed E-state index contributed by atoms with van der Waals surface area (Å²) >= 11 is 0. The van der Waals surface area contributed by atoms with Gasteiger partial charge in [-0.25, -0.2) is 4.79 Å². The van der Waals surface area contributed by atoms with E-state index in [1.54, 1.807) is 0 Å². The molecule has 192 valence electrons. The highest BCUT2D eigenvalue weighted by molar-refractivity contribution is 5.95. The van der Waals surface area contributed by atoms with E-state index >= 15 is 0 Å². The molecule has 0 spiro atoms. The highest BCUT2D eigenvalue weighted by Crippen LogP contribution is 2.07. The van der Waals surface area contributed by atoms with E-state index in [9.17, 15) is 33.6 Å². The summed E-state index contributed by atoms with van der Waals surface area (Å²) in [7, 11) is 0. The van der Waals surface area contributed by atoms with Gasteiger partial charge in [0.1, 0.15) is 18.1 Å². The number of nitrogens with two attached hydrogens (primary N) is 1. The molecule has 0 heterocycles. The van der Waals surface area contributed by atoms with Crippen molar-refractivity contribution in [3.05, 3.63) is 0 Å². The monoisotopic (exact) mass is 490 g/mol. The van der Waals surface area contributed by atoms with Crippen LogP contribution in [0.15, 0.2) is 0 Å². The molecule has 0 aliphatic carbocycles. The van der Waals surface area contributed by atoms with E-state index in [-0.39, 0.29) is 12.8 Å². The Balaban J connectivity index is 5.48. The predicted octanol–water partition coefficient (Wildman–Crippen LogP) is -2.29. The normalized spacial score (nSPS) is 14.2. The number of carbonyl (C=O) groups excluding carboxylic acids is 3. The van der Waals surface area contributed by atoms with Crippen molar-refractivity contribution < 1.29 is 54.0 Å². The van der Waals surface area contributed by atoms with Gasteiger partial charge in [0.25, 0.3) is 0 Å². The molecule has 34 heavy (non-hydrogen) atoms. The highest BCUT2D eigenvalue weighted by Gasteiger charge is 2.32. The van der Waals surface area contributed by atoms with Crippen molar-refractivity contribution in [1.82, 2.24) is 16.0 Å². The van der Waals surface area contributed by atoms with Crippen LogP contribution in [0.5, 0.6) is 0 Å². The first-order chi connectivity index (χ1) is 15.6. The number of carboxylic acids is 4. The molecule has 0 saturated heterocycles. The summed E-state index contributed by atoms with van der Waals surface area (Å²) in [6.45, 7) is 3.01. The number of aliphatic carboxylic acids is 4. The third-order valence-corrected chi connectivity index (χ3v) is 4.53. The Labute approximate surface area is 194 Å². The lowest BCUT2D eigenvalue weighted by molar-refractivity contribution is -0.147. The van der Waals surface area contributed by atoms with Gasteiger partial charge in [-0.15, -0.1) is 0 Å². The van der Waals surface area contributed by atoms with Gasteiger partial charge in [0.15, 0.2) is 0 Å². The summed E-state index contributed by atoms with van der Waals surface area (Å²) in [6, 6.07) is -5.87. The van der Waals surface area contributed by atoms with E-state index in [1.807, 2.05) is 5.32 Å². The smallest absolute Gasteiger partial charge is 0.326 e. The van der Waals surface area contributed by atoms with Gasteiger partial charge in [-0.1, -0.05) is 13.8 Å². The van der Waals surface area contributed by atoms with Crippen molar-refractivity contribution in [2.75, 3.05) is 0 Å². The minimum absolute atomic E-state index is 0.244. The minimum Gasteiger partial charge on any atom is -0.481 e. The number of amides is 3. The molecule has 0 saturated carbocycles. The zero-order chi connectivity index (χ0) is 26.6. The molecule has 0 rings (SSSR count). The van der Waals surface area contributed by atoms with Gasteiger partial charge >= 0.3 is 23.9 Å². The van der Waals surface area contributed by atoms with E-state index in [0.29, 0.717) is 0 Å². The van der Waals surface area contributed by atoms with Crippen molar-refractivity contribution in [2.45, 2.75) is 70.1 Å². The maximum Gasteiger partial charge on any atom is 0.326 e. The lowest BCUT2D eigenvalue weighted by atomic mass is 10.0. The van der Waals surface area contributed by atoms with Crippen LogP contribution in [-0.2, 0) is 33.6 Å². The Morgan fingerprint density at radius 2 is 1.18 bits per heavy atom. The van der Waals surface area contributed by atoms with Gasteiger partial charge in [-0.2, -0.15) is 0 Å². The largest absolute Gasteiger partial charge is 0.481 e. The van der Waals surface area contributed by atoms with Crippen molar-refractivity contribution in [3.63, 3.8) is 0 Å². The predicted molar refractivity (Wildman–Crippen MR) is 112 cm³/mol. The number of hydrogen-bond acceptors (Lipinski definition) is 8. The van der Waals surface area contributed by atoms with Crippen LogP contribution < -0.4 is 21.7 Å². The molecule has 0 aliphatic rings. The second kappa shape index (κ2) is 14.4. The van der Waals surface area contributed by atoms with Gasteiger partial charge in [0.2, 0.25) is 17.7 Å². The summed E-state index contributed by atoms with van der Waals surface area (Å²) in [5, 5.41) is 42.0. The van der Waals surface area contributed by atoms with Crippen LogP contribution in [-0.4, -0.2) is 86.2 Å². The molecule has 9 N–H and O–H groups in total. The molecule has 15 nitrogen and oxygen atoms in total. The lowest BCUT2D eigenvalue weighted by Crippen LogP contribution is -2.58. The molecule has 0 unspecified atom stereocenters. The van der Waals surface area contributed by atoms with Gasteiger partial charge in [0, 0.05) is 12.8 Å². The standard InChI is InChI=1S/C19H30N4O11/c1-8(2)15(18(32)22-11(19(33)34)7-14(28)29)23-17(31)10(4-6-13(26)27)21-16(30)9(20)3-5-12(24)25/h8-11,15H,3-7,20H2,1-2H3,(H,21,30)(H,22,32)(H,23,31)(H,24,25)(H,26,27)(H,28,29)(H,33,34)/t9-,10-,11-,15-/m0/s1. The first kappa shape index (κ1) is 30.2. The Hall–Kier alpha value is -3.75. The Kier molecular flexibility index (Phi) is 12.8. The highest BCUT2D eigenvalue weighted by atomic mass is 16.4. The number of carbonyl (C=O) groups is 7. The molecule has 0 fully saturated rings. The molecule has 0 radical (unpaired) electrons. The summed E-state index contributed by atoms with van der Waals surface area (Å²) < 4.78 is 0. The average molecular weight is 490 g/mol. The van der Waals surface area contributed by atoms with Gasteiger partial charge in [-0.05, 0) is 18.8 Å². The van der Waals surface area contributed by atoms with Gasteiger partial charge in [0.05, 0.1) is 12.5 Å². The van der Waals surface area contributed by atoms with Crippen molar-refractivity contribution in [1.29, 1.82) is 0 Å². The van der Waals surface area contributed by atoms with Crippen LogP contribution in [0.25, 0.3) is 0 Å². The maximum atomic E-state index is 12.8. The third-order valence-electron chi connectivity index (χ3n) is 4.53. The van der Waals surface area contributed by atoms with Crippen molar-refractivity contribution in [3.8, 4) is 0 Å². The molecule has 0 bridgehead atoms. The second-order valence-electron chi connectivity index (χ2n) is 7.76. The molecular weight excluding hydrogens is 460 g/mol. The fraction of sp³-hybridized carbons (Fsp3) is 0.632. The van der Waals surface area contributed by atoms with Gasteiger partial charge < -0.3 is 42.1 Å². The van der Waals surface area contributed by atoms with Crippen LogP contribution in [0.1, 0.15) is 46.0 Å². The topological polar surface area (TPSA) is 263 Å². The molecule has 0 aromatic carbocycles. The first-order valence-electron chi connectivity index (χ1n) is 10.2. The molecule has 0 aromatic heterocycles. The van der Waals surface area contributed by atoms with Crippen LogP contribution >= 0.6 is 0 Å². The molecule has 3 amide bonds. The van der Waals surface area contributed by atoms with E-state index < -0.39 is 90.9 Å². The summed E-state index contributed by atoms with van der Waals surface area (Å²) in [5.41, 5.74) is 5.60. The molecule has 0 aliphatic heterocycles. The first-order valence-corrected chi connectivity index (χ1v) is 10.2. The van der Waals surface area contributed by atoms with Crippen LogP contribution in [0.4, 0.5) is 0 Å². The van der Waals surface area contributed by atoms with E-state index in [0.717, 1.165) is 0 Å². The van der Waals surface area contributed by atoms with E-state index in [2.05, 4.69) is 10.6 Å². The SMILES string of the molecule is CC(C)[C@H](NC(=O)[C@H](CCC(=O)O)NC(=O)[C@@H](N)CCC(=O)O)C(=O)N[C@@H](CC(=O)O)C(=O)O. The minimum atomic E-state index is -1.77. The third kappa shape index (κ3) is 11.8. The van der Waals surface area contributed by atoms with Crippen molar-refractivity contribution >= 4 is 41.6 Å². The van der Waals surface area contributed by atoms with Crippen LogP contribution in [0.3, 0.4) is 0 Å². The number of nitrogens with one attached hydrogen (secondary N) is 3. The fourth-order valence-corrected chi connectivity index (χ4v) is 2.65. The quantitative estimate of drug-likeness (QED) is 0.114. The van der Waals surface area contributed by atoms with Crippen LogP contribution in [0.2, 0.25) is 0 Å². The molecular formula is C19H30N4O11. The van der Waals surface area contributed by atoms with E-state index in [1.165, 1.54) is 13.8 Å². The zero-order valence-electron chi connectivity index (χ0n) is 18.6. The summed E-state index contributed by atoms with van der Waals surface area (Å²) in [4.78, 5) is 81.1. The Morgan fingerprint density at radius 3 is 1.62 bits per heavy atom. The maximum absolute atomic E-state index is 12.8. The lowest BCUT2D eigenvalue weighted by Gasteiger charge is -2.26. The fourth-order valence-electron chi connectivity index (χ4n) is 2.65. The Bertz CT molecular complexity index is 799.